The van der Waals surface area contributed by atoms with E-state index in [1.54, 1.807) is 6.20 Å². The minimum atomic E-state index is -0.120. The number of carbonyl (C=O) groups is 1. The molecule has 0 radical (unpaired) electrons. The molecule has 1 unspecified atom stereocenters. The number of rotatable bonds is 1. The van der Waals surface area contributed by atoms with E-state index in [1.165, 1.54) is 6.26 Å². The van der Waals surface area contributed by atoms with E-state index in [0.29, 0.717) is 6.42 Å². The molecule has 1 aliphatic carbocycles. The molecule has 0 saturated carbocycles. The summed E-state index contributed by atoms with van der Waals surface area (Å²) in [5.74, 6) is 0.130. The van der Waals surface area contributed by atoms with Crippen LogP contribution in [0.25, 0.3) is 0 Å². The topological polar surface area (TPSA) is 43.1 Å². The first kappa shape index (κ1) is 7.28. The maximum absolute atomic E-state index is 11.4. The maximum atomic E-state index is 11.4. The second-order valence-corrected chi connectivity index (χ2v) is 2.87. The van der Waals surface area contributed by atoms with Crippen LogP contribution >= 0.6 is 0 Å². The van der Waals surface area contributed by atoms with Crippen molar-refractivity contribution in [1.82, 2.24) is 5.16 Å². The molecule has 0 bridgehead atoms. The minimum absolute atomic E-state index is 0.120. The predicted octanol–water partition coefficient (Wildman–Crippen LogP) is 1.68. The third-order valence-electron chi connectivity index (χ3n) is 2.04. The van der Waals surface area contributed by atoms with Gasteiger partial charge in [0.05, 0.1) is 12.1 Å². The molecule has 3 nitrogen and oxygen atoms in total. The molecule has 0 saturated heterocycles. The SMILES string of the molecule is O=C1CCC=CC1c1cnoc1. The number of hydrogen-bond acceptors (Lipinski definition) is 3. The Bertz CT molecular complexity index is 300. The molecule has 62 valence electrons. The fraction of sp³-hybridized carbons (Fsp3) is 0.333. The van der Waals surface area contributed by atoms with E-state index in [9.17, 15) is 4.79 Å². The van der Waals surface area contributed by atoms with Crippen LogP contribution in [0.5, 0.6) is 0 Å². The highest BCUT2D eigenvalue weighted by Gasteiger charge is 2.20. The standard InChI is InChI=1S/C9H9NO2/c11-9-4-2-1-3-8(9)7-5-10-12-6-7/h1,3,5-6,8H,2,4H2. The van der Waals surface area contributed by atoms with Gasteiger partial charge in [0.25, 0.3) is 0 Å². The number of nitrogens with zero attached hydrogens (tertiary/aromatic N) is 1. The van der Waals surface area contributed by atoms with E-state index in [1.807, 2.05) is 12.2 Å². The van der Waals surface area contributed by atoms with E-state index >= 15 is 0 Å². The lowest BCUT2D eigenvalue weighted by atomic mass is 9.90. The van der Waals surface area contributed by atoms with Crippen LogP contribution in [0.15, 0.2) is 29.1 Å². The van der Waals surface area contributed by atoms with E-state index in [0.717, 1.165) is 12.0 Å². The van der Waals surface area contributed by atoms with Crippen molar-refractivity contribution in [2.75, 3.05) is 0 Å². The Balaban J connectivity index is 2.28. The quantitative estimate of drug-likeness (QED) is 0.591. The number of aromatic nitrogens is 1. The van der Waals surface area contributed by atoms with Gasteiger partial charge in [-0.05, 0) is 6.42 Å². The van der Waals surface area contributed by atoms with Crippen molar-refractivity contribution < 1.29 is 9.32 Å². The summed E-state index contributed by atoms with van der Waals surface area (Å²) in [6, 6.07) is 0. The molecule has 2 rings (SSSR count). The van der Waals surface area contributed by atoms with Crippen LogP contribution in [0.2, 0.25) is 0 Å². The second-order valence-electron chi connectivity index (χ2n) is 2.87. The third-order valence-corrected chi connectivity index (χ3v) is 2.04. The zero-order valence-corrected chi connectivity index (χ0v) is 6.56. The van der Waals surface area contributed by atoms with Crippen LogP contribution in [-0.2, 0) is 4.79 Å². The lowest BCUT2D eigenvalue weighted by molar-refractivity contribution is -0.119. The summed E-state index contributed by atoms with van der Waals surface area (Å²) in [5, 5.41) is 3.57. The molecule has 1 aromatic rings. The largest absolute Gasteiger partial charge is 0.364 e. The number of Topliss-reactive ketones (excluding diaryl/α,β-unsaturated/α-hetero) is 1. The lowest BCUT2D eigenvalue weighted by Crippen LogP contribution is -2.12. The predicted molar refractivity (Wildman–Crippen MR) is 42.6 cm³/mol. The van der Waals surface area contributed by atoms with Crippen LogP contribution in [-0.4, -0.2) is 10.9 Å². The molecule has 0 amide bonds. The Morgan fingerprint density at radius 3 is 3.17 bits per heavy atom. The van der Waals surface area contributed by atoms with Crippen LogP contribution in [0, 0.1) is 0 Å². The molecule has 3 heteroatoms. The normalized spacial score (nSPS) is 23.0. The van der Waals surface area contributed by atoms with E-state index in [-0.39, 0.29) is 11.7 Å². The Kier molecular flexibility index (Phi) is 1.78. The van der Waals surface area contributed by atoms with Crippen molar-refractivity contribution in [2.24, 2.45) is 0 Å². The highest BCUT2D eigenvalue weighted by Crippen LogP contribution is 2.23. The lowest BCUT2D eigenvalue weighted by Gasteiger charge is -2.11. The van der Waals surface area contributed by atoms with Crippen molar-refractivity contribution in [3.8, 4) is 0 Å². The van der Waals surface area contributed by atoms with Gasteiger partial charge in [-0.1, -0.05) is 17.3 Å². The molecule has 1 aliphatic rings. The zero-order valence-electron chi connectivity index (χ0n) is 6.56. The van der Waals surface area contributed by atoms with Crippen LogP contribution in [0.4, 0.5) is 0 Å². The molecule has 1 heterocycles. The average molecular weight is 163 g/mol. The van der Waals surface area contributed by atoms with E-state index < -0.39 is 0 Å². The molecule has 0 aromatic carbocycles. The van der Waals surface area contributed by atoms with Gasteiger partial charge in [-0.15, -0.1) is 0 Å². The summed E-state index contributed by atoms with van der Waals surface area (Å²) in [6.07, 6.45) is 8.56. The van der Waals surface area contributed by atoms with Crippen LogP contribution in [0.3, 0.4) is 0 Å². The first-order valence-electron chi connectivity index (χ1n) is 3.96. The van der Waals surface area contributed by atoms with Crippen molar-refractivity contribution >= 4 is 5.78 Å². The Morgan fingerprint density at radius 1 is 1.58 bits per heavy atom. The molecule has 0 fully saturated rings. The Hall–Kier alpha value is -1.38. The van der Waals surface area contributed by atoms with Gasteiger partial charge in [-0.2, -0.15) is 0 Å². The van der Waals surface area contributed by atoms with Gasteiger partial charge < -0.3 is 4.52 Å². The fourth-order valence-electron chi connectivity index (χ4n) is 1.38. The third kappa shape index (κ3) is 1.18. The van der Waals surface area contributed by atoms with Gasteiger partial charge in [0, 0.05) is 12.0 Å². The molecular formula is C9H9NO2. The summed E-state index contributed by atoms with van der Waals surface area (Å²) in [7, 11) is 0. The number of allylic oxidation sites excluding steroid dienone is 2. The van der Waals surface area contributed by atoms with E-state index in [2.05, 4.69) is 9.68 Å². The average Bonchev–Trinajstić information content (AvgIpc) is 2.57. The molecule has 12 heavy (non-hydrogen) atoms. The van der Waals surface area contributed by atoms with E-state index in [4.69, 9.17) is 0 Å². The summed E-state index contributed by atoms with van der Waals surface area (Å²) >= 11 is 0. The molecule has 0 spiro atoms. The summed E-state index contributed by atoms with van der Waals surface area (Å²) in [5.41, 5.74) is 0.857. The van der Waals surface area contributed by atoms with Gasteiger partial charge >= 0.3 is 0 Å². The monoisotopic (exact) mass is 163 g/mol. The molecule has 1 atom stereocenters. The number of hydrogen-bond donors (Lipinski definition) is 0. The minimum Gasteiger partial charge on any atom is -0.364 e. The Morgan fingerprint density at radius 2 is 2.50 bits per heavy atom. The summed E-state index contributed by atoms with van der Waals surface area (Å²) < 4.78 is 4.68. The fourth-order valence-corrected chi connectivity index (χ4v) is 1.38. The molecule has 1 aromatic heterocycles. The first-order chi connectivity index (χ1) is 5.88. The smallest absolute Gasteiger partial charge is 0.144 e. The van der Waals surface area contributed by atoms with Crippen molar-refractivity contribution in [1.29, 1.82) is 0 Å². The molecular weight excluding hydrogens is 154 g/mol. The van der Waals surface area contributed by atoms with Gasteiger partial charge in [-0.25, -0.2) is 0 Å². The van der Waals surface area contributed by atoms with Gasteiger partial charge in [0.1, 0.15) is 12.0 Å². The highest BCUT2D eigenvalue weighted by atomic mass is 16.5. The Labute approximate surface area is 70.1 Å². The summed E-state index contributed by atoms with van der Waals surface area (Å²) in [6.45, 7) is 0. The van der Waals surface area contributed by atoms with Crippen molar-refractivity contribution in [2.45, 2.75) is 18.8 Å². The van der Waals surface area contributed by atoms with Crippen molar-refractivity contribution in [3.63, 3.8) is 0 Å². The van der Waals surface area contributed by atoms with Crippen LogP contribution in [0.1, 0.15) is 24.3 Å². The maximum Gasteiger partial charge on any atom is 0.144 e. The van der Waals surface area contributed by atoms with Gasteiger partial charge in [0.15, 0.2) is 0 Å². The van der Waals surface area contributed by atoms with Crippen molar-refractivity contribution in [3.05, 3.63) is 30.2 Å². The molecule has 0 aliphatic heterocycles. The van der Waals surface area contributed by atoms with Gasteiger partial charge in [-0.3, -0.25) is 4.79 Å². The second kappa shape index (κ2) is 2.93. The highest BCUT2D eigenvalue weighted by molar-refractivity contribution is 5.88. The van der Waals surface area contributed by atoms with Crippen LogP contribution < -0.4 is 0 Å². The number of carbonyl (C=O) groups excluding carboxylic acids is 1. The zero-order chi connectivity index (χ0) is 8.39. The molecule has 0 N–H and O–H groups in total. The number of ketones is 1. The first-order valence-corrected chi connectivity index (χ1v) is 3.96. The van der Waals surface area contributed by atoms with Gasteiger partial charge in [0.2, 0.25) is 0 Å². The summed E-state index contributed by atoms with van der Waals surface area (Å²) in [4.78, 5) is 11.4.